The summed E-state index contributed by atoms with van der Waals surface area (Å²) < 4.78 is 10.6. The minimum atomic E-state index is -1.85. The van der Waals surface area contributed by atoms with E-state index in [-0.39, 0.29) is 122 Å². The molecule has 1 fully saturated rings. The van der Waals surface area contributed by atoms with Gasteiger partial charge in [0.05, 0.1) is 45.8 Å². The van der Waals surface area contributed by atoms with Gasteiger partial charge in [0.1, 0.15) is 18.2 Å². The predicted octanol–water partition coefficient (Wildman–Crippen LogP) is -2.72. The Labute approximate surface area is 403 Å². The highest BCUT2D eigenvalue weighted by atomic mass is 16.6. The first-order valence-electron chi connectivity index (χ1n) is 23.6. The molecular formula is C44H76N10O15. The lowest BCUT2D eigenvalue weighted by atomic mass is 9.87. The van der Waals surface area contributed by atoms with E-state index >= 15 is 0 Å². The molecular weight excluding hydrogens is 909 g/mol. The highest BCUT2D eigenvalue weighted by Gasteiger charge is 2.39. The van der Waals surface area contributed by atoms with E-state index < -0.39 is 53.4 Å². The lowest BCUT2D eigenvalue weighted by Crippen LogP contribution is -2.51. The van der Waals surface area contributed by atoms with Crippen LogP contribution < -0.4 is 21.3 Å². The Morgan fingerprint density at radius 2 is 1.07 bits per heavy atom. The number of hydrogen-bond donors (Lipinski definition) is 8. The van der Waals surface area contributed by atoms with Crippen LogP contribution >= 0.6 is 0 Å². The molecule has 0 saturated carbocycles. The second kappa shape index (κ2) is 33.1. The maximum absolute atomic E-state index is 13.5. The highest BCUT2D eigenvalue weighted by Crippen LogP contribution is 2.27. The Hall–Kier alpha value is -5.47. The zero-order valence-corrected chi connectivity index (χ0v) is 40.5. The first-order valence-corrected chi connectivity index (χ1v) is 23.6. The van der Waals surface area contributed by atoms with Crippen LogP contribution in [0.5, 0.6) is 0 Å². The molecule has 25 nitrogen and oxygen atoms in total. The Balaban J connectivity index is 1.74. The van der Waals surface area contributed by atoms with Crippen LogP contribution in [-0.4, -0.2) is 260 Å². The van der Waals surface area contributed by atoms with Gasteiger partial charge in [-0.05, 0) is 51.1 Å². The predicted molar refractivity (Wildman–Crippen MR) is 249 cm³/mol. The fourth-order valence-corrected chi connectivity index (χ4v) is 7.35. The van der Waals surface area contributed by atoms with Crippen molar-refractivity contribution >= 4 is 53.5 Å². The number of ether oxygens (including phenoxy) is 2. The van der Waals surface area contributed by atoms with E-state index in [1.807, 2.05) is 21.6 Å². The first-order chi connectivity index (χ1) is 32.8. The zero-order valence-electron chi connectivity index (χ0n) is 40.5. The van der Waals surface area contributed by atoms with E-state index in [0.29, 0.717) is 65.2 Å². The number of carboxylic acid groups (broad SMARTS) is 3. The number of carbonyl (C=O) groups excluding carboxylic acids is 6. The molecule has 1 aliphatic carbocycles. The number of carboxylic acids is 3. The second-order valence-electron chi connectivity index (χ2n) is 17.1. The zero-order chi connectivity index (χ0) is 51.2. The van der Waals surface area contributed by atoms with Crippen LogP contribution in [0.15, 0.2) is 12.2 Å². The number of carbonyl (C=O) groups is 9. The molecule has 1 heterocycles. The van der Waals surface area contributed by atoms with E-state index in [4.69, 9.17) is 14.6 Å². The number of nitrogens with zero attached hydrogens (tertiary/aromatic N) is 6. The lowest BCUT2D eigenvalue weighted by molar-refractivity contribution is -0.153. The van der Waals surface area contributed by atoms with E-state index in [2.05, 4.69) is 26.2 Å². The van der Waals surface area contributed by atoms with Gasteiger partial charge >= 0.3 is 24.0 Å². The van der Waals surface area contributed by atoms with E-state index in [9.17, 15) is 58.5 Å². The largest absolute Gasteiger partial charge is 0.481 e. The van der Waals surface area contributed by atoms with Crippen LogP contribution in [0.2, 0.25) is 0 Å². The fourth-order valence-electron chi connectivity index (χ4n) is 7.35. The number of nitrogens with one attached hydrogen (secondary N) is 4. The van der Waals surface area contributed by atoms with Crippen LogP contribution in [0.25, 0.3) is 0 Å². The van der Waals surface area contributed by atoms with Crippen LogP contribution in [0, 0.1) is 0 Å². The Kier molecular flexibility index (Phi) is 28.6. The summed E-state index contributed by atoms with van der Waals surface area (Å²) in [5.74, 6) is -5.07. The maximum Gasteiger partial charge on any atom is 0.410 e. The molecule has 2 atom stereocenters. The molecule has 1 saturated heterocycles. The monoisotopic (exact) mass is 985 g/mol. The van der Waals surface area contributed by atoms with Gasteiger partial charge in [-0.1, -0.05) is 13.0 Å². The summed E-state index contributed by atoms with van der Waals surface area (Å²) in [4.78, 5) is 120. The Morgan fingerprint density at radius 1 is 0.609 bits per heavy atom. The van der Waals surface area contributed by atoms with E-state index in [0.717, 1.165) is 16.3 Å². The maximum atomic E-state index is 13.5. The normalized spacial score (nSPS) is 19.5. The number of aliphatic hydroxyl groups is 1. The molecule has 25 heteroatoms. The summed E-state index contributed by atoms with van der Waals surface area (Å²) in [5.41, 5.74) is -1.85. The minimum Gasteiger partial charge on any atom is -0.481 e. The van der Waals surface area contributed by atoms with Gasteiger partial charge < -0.3 is 65.9 Å². The molecule has 6 amide bonds. The van der Waals surface area contributed by atoms with Gasteiger partial charge in [0, 0.05) is 99.1 Å². The van der Waals surface area contributed by atoms with Gasteiger partial charge in [0.2, 0.25) is 23.6 Å². The average molecular weight is 985 g/mol. The van der Waals surface area contributed by atoms with Crippen molar-refractivity contribution in [2.45, 2.75) is 70.0 Å². The highest BCUT2D eigenvalue weighted by molar-refractivity contribution is 5.89. The van der Waals surface area contributed by atoms with Crippen molar-refractivity contribution in [1.82, 2.24) is 50.7 Å². The molecule has 8 N–H and O–H groups in total. The van der Waals surface area contributed by atoms with Crippen molar-refractivity contribution in [1.29, 1.82) is 0 Å². The lowest BCUT2D eigenvalue weighted by Gasteiger charge is -2.33. The smallest absolute Gasteiger partial charge is 0.410 e. The van der Waals surface area contributed by atoms with Crippen molar-refractivity contribution in [3.8, 4) is 0 Å². The van der Waals surface area contributed by atoms with Gasteiger partial charge in [-0.3, -0.25) is 53.1 Å². The van der Waals surface area contributed by atoms with Crippen LogP contribution in [0.4, 0.5) is 4.79 Å². The number of likely N-dealkylation sites (N-methyl/N-ethyl adjacent to an activating group) is 3. The van der Waals surface area contributed by atoms with E-state index in [1.165, 1.54) is 14.1 Å². The van der Waals surface area contributed by atoms with Crippen molar-refractivity contribution in [2.75, 3.05) is 145 Å². The van der Waals surface area contributed by atoms with Gasteiger partial charge in [0.15, 0.2) is 0 Å². The number of aliphatic carboxylic acids is 3. The third-order valence-electron chi connectivity index (χ3n) is 11.4. The SMILES string of the molecule is CCN1CCN(CC(=O)O)CCN(CC(=O)NCCCNC(=O)CN(C)C(=O)C2(O)CC/C=C/C(OC(=O)N(C)CC(=O)NCCCNC(=O)CCOCCC(=O)O)CC2)CCN(CC(=O)O)CC1. The molecule has 2 rings (SSSR count). The van der Waals surface area contributed by atoms with Gasteiger partial charge in [0.25, 0.3) is 5.91 Å². The minimum absolute atomic E-state index is 0.00649. The van der Waals surface area contributed by atoms with Crippen molar-refractivity contribution in [3.05, 3.63) is 12.2 Å². The number of rotatable bonds is 27. The summed E-state index contributed by atoms with van der Waals surface area (Å²) in [7, 11) is 2.78. The molecule has 0 bridgehead atoms. The van der Waals surface area contributed by atoms with Gasteiger partial charge in [-0.15, -0.1) is 0 Å². The summed E-state index contributed by atoms with van der Waals surface area (Å²) >= 11 is 0. The van der Waals surface area contributed by atoms with Crippen molar-refractivity contribution < 1.29 is 73.1 Å². The second-order valence-corrected chi connectivity index (χ2v) is 17.1. The van der Waals surface area contributed by atoms with Gasteiger partial charge in [-0.25, -0.2) is 4.79 Å². The van der Waals surface area contributed by atoms with Crippen molar-refractivity contribution in [3.63, 3.8) is 0 Å². The van der Waals surface area contributed by atoms with Crippen LogP contribution in [-0.2, 0) is 47.8 Å². The molecule has 392 valence electrons. The number of amides is 6. The number of hydrogen-bond acceptors (Lipinski definition) is 16. The molecule has 69 heavy (non-hydrogen) atoms. The molecule has 2 unspecified atom stereocenters. The molecule has 0 aromatic carbocycles. The fraction of sp³-hybridized carbons (Fsp3) is 0.750. The van der Waals surface area contributed by atoms with Gasteiger partial charge in [-0.2, -0.15) is 0 Å². The Bertz CT molecular complexity index is 1680. The Morgan fingerprint density at radius 3 is 1.58 bits per heavy atom. The number of allylic oxidation sites excluding steroid dienone is 1. The molecule has 0 radical (unpaired) electrons. The first kappa shape index (κ1) is 59.7. The third-order valence-corrected chi connectivity index (χ3v) is 11.4. The summed E-state index contributed by atoms with van der Waals surface area (Å²) in [6, 6.07) is 0. The standard InChI is InChI=1S/C44H76N10O15/c1-4-51-19-21-53(32-40(61)62)25-23-52(24-26-54(22-20-51)33-41(63)64)31-38(58)48-18-8-17-46-36(56)29-49(2)42(65)44(67)13-6-5-9-34(10-14-44)69-43(66)50(3)30-37(57)47-16-7-15-45-35(55)11-27-68-28-12-39(59)60/h5,9,34,67H,4,6-8,10-33H2,1-3H3,(H,45,55)(H,46,56)(H,47,57)(H,48,58)(H,59,60)(H,61,62)(H,63,64)/b9-5+. The van der Waals surface area contributed by atoms with E-state index in [1.54, 1.807) is 12.2 Å². The quantitative estimate of drug-likeness (QED) is 0.0306. The van der Waals surface area contributed by atoms with Crippen LogP contribution in [0.1, 0.15) is 58.3 Å². The molecule has 0 aromatic heterocycles. The van der Waals surface area contributed by atoms with Crippen LogP contribution in [0.3, 0.4) is 0 Å². The summed E-state index contributed by atoms with van der Waals surface area (Å²) in [6.07, 6.45) is 2.80. The summed E-state index contributed by atoms with van der Waals surface area (Å²) in [5, 5.41) is 49.8. The molecule has 0 aromatic rings. The van der Waals surface area contributed by atoms with Crippen molar-refractivity contribution in [2.24, 2.45) is 0 Å². The molecule has 0 spiro atoms. The molecule has 1 aliphatic heterocycles. The third kappa shape index (κ3) is 26.8. The average Bonchev–Trinajstić information content (AvgIpc) is 3.27. The topological polar surface area (TPSA) is 321 Å². The summed E-state index contributed by atoms with van der Waals surface area (Å²) in [6.45, 7) is 6.68. The molecule has 2 aliphatic rings.